The number of hydrogen-bond acceptors (Lipinski definition) is 5. The number of benzene rings is 2. The highest BCUT2D eigenvalue weighted by molar-refractivity contribution is 5.93. The van der Waals surface area contributed by atoms with Gasteiger partial charge in [-0.25, -0.2) is 9.97 Å². The molecule has 3 N–H and O–H groups in total. The van der Waals surface area contributed by atoms with Crippen molar-refractivity contribution in [2.24, 2.45) is 5.73 Å². The number of nitrogens with one attached hydrogen (secondary N) is 1. The lowest BCUT2D eigenvalue weighted by molar-refractivity contribution is 0.0935. The molecule has 0 radical (unpaired) electrons. The molecule has 0 saturated carbocycles. The van der Waals surface area contributed by atoms with Crippen LogP contribution < -0.4 is 16.0 Å². The molecule has 1 saturated heterocycles. The van der Waals surface area contributed by atoms with Crippen LogP contribution in [0.2, 0.25) is 0 Å². The predicted molar refractivity (Wildman–Crippen MR) is 114 cm³/mol. The van der Waals surface area contributed by atoms with Crippen molar-refractivity contribution in [3.8, 4) is 0 Å². The van der Waals surface area contributed by atoms with Crippen LogP contribution in [0, 0.1) is 0 Å². The molecule has 1 aliphatic rings. The van der Waals surface area contributed by atoms with E-state index in [1.165, 1.54) is 0 Å². The van der Waals surface area contributed by atoms with Crippen molar-refractivity contribution < 1.29 is 4.79 Å². The lowest BCUT2D eigenvalue weighted by Crippen LogP contribution is -2.30. The van der Waals surface area contributed by atoms with Gasteiger partial charge in [-0.1, -0.05) is 42.5 Å². The zero-order valence-electron chi connectivity index (χ0n) is 15.7. The maximum absolute atomic E-state index is 12.8. The minimum absolute atomic E-state index is 0. The Labute approximate surface area is 170 Å². The summed E-state index contributed by atoms with van der Waals surface area (Å²) in [5.74, 6) is 0.357. The average molecular weight is 398 g/mol. The van der Waals surface area contributed by atoms with E-state index in [9.17, 15) is 4.79 Å². The summed E-state index contributed by atoms with van der Waals surface area (Å²) in [5.41, 5.74) is 7.41. The quantitative estimate of drug-likeness (QED) is 0.706. The van der Waals surface area contributed by atoms with Gasteiger partial charge in [-0.3, -0.25) is 4.79 Å². The molecule has 1 amide bonds. The van der Waals surface area contributed by atoms with Gasteiger partial charge in [0.05, 0.1) is 6.04 Å². The molecule has 146 valence electrons. The lowest BCUT2D eigenvalue weighted by atomic mass is 9.99. The fraction of sp³-hybridized carbons (Fsp3) is 0.286. The van der Waals surface area contributed by atoms with Gasteiger partial charge in [-0.15, -0.1) is 12.4 Å². The number of carbonyl (C=O) groups excluding carboxylic acids is 1. The number of fused-ring (bicyclic) bond motifs is 1. The van der Waals surface area contributed by atoms with Crippen LogP contribution in [0.5, 0.6) is 0 Å². The van der Waals surface area contributed by atoms with E-state index in [0.29, 0.717) is 11.6 Å². The summed E-state index contributed by atoms with van der Waals surface area (Å²) in [6, 6.07) is 16.0. The second-order valence-corrected chi connectivity index (χ2v) is 7.00. The van der Waals surface area contributed by atoms with E-state index in [1.807, 2.05) is 36.1 Å². The number of nitrogens with zero attached hydrogens (tertiary/aromatic N) is 3. The molecule has 7 heteroatoms. The summed E-state index contributed by atoms with van der Waals surface area (Å²) >= 11 is 0. The molecule has 0 aliphatic carbocycles. The fourth-order valence-corrected chi connectivity index (χ4v) is 3.57. The Balaban J connectivity index is 0.00000225. The molecular weight excluding hydrogens is 374 g/mol. The minimum atomic E-state index is -0.206. The summed E-state index contributed by atoms with van der Waals surface area (Å²) in [7, 11) is 0. The van der Waals surface area contributed by atoms with Gasteiger partial charge in [0.1, 0.15) is 5.69 Å². The van der Waals surface area contributed by atoms with Crippen molar-refractivity contribution in [2.45, 2.75) is 25.4 Å². The molecule has 28 heavy (non-hydrogen) atoms. The third kappa shape index (κ3) is 4.08. The first-order valence-corrected chi connectivity index (χ1v) is 9.24. The van der Waals surface area contributed by atoms with Gasteiger partial charge in [0.15, 0.2) is 0 Å². The molecule has 0 bridgehead atoms. The molecule has 2 aromatic carbocycles. The van der Waals surface area contributed by atoms with E-state index in [4.69, 9.17) is 5.73 Å². The maximum Gasteiger partial charge on any atom is 0.270 e. The zero-order chi connectivity index (χ0) is 18.8. The standard InChI is InChI=1S/C21H23N5O.ClH/c1-14(17-8-4-6-15-5-2-3-7-18(15)17)24-20(27)19-9-11-23-21(25-19)26-12-10-16(22)13-26;/h2-9,11,14,16H,10,12-13,22H2,1H3,(H,24,27);1H/t14-,16-;/m1./s1. The summed E-state index contributed by atoms with van der Waals surface area (Å²) < 4.78 is 0. The Morgan fingerprint density at radius 3 is 2.79 bits per heavy atom. The van der Waals surface area contributed by atoms with E-state index in [-0.39, 0.29) is 30.4 Å². The van der Waals surface area contributed by atoms with Crippen molar-refractivity contribution in [1.82, 2.24) is 15.3 Å². The first-order chi connectivity index (χ1) is 13.1. The molecular formula is C21H24ClN5O. The number of anilines is 1. The van der Waals surface area contributed by atoms with Crippen LogP contribution in [0.25, 0.3) is 10.8 Å². The topological polar surface area (TPSA) is 84.1 Å². The van der Waals surface area contributed by atoms with Crippen LogP contribution in [-0.4, -0.2) is 35.0 Å². The van der Waals surface area contributed by atoms with E-state index in [2.05, 4.69) is 33.5 Å². The third-order valence-corrected chi connectivity index (χ3v) is 5.02. The number of aromatic nitrogens is 2. The van der Waals surface area contributed by atoms with Crippen molar-refractivity contribution in [1.29, 1.82) is 0 Å². The second kappa shape index (κ2) is 8.54. The van der Waals surface area contributed by atoms with E-state index >= 15 is 0 Å². The van der Waals surface area contributed by atoms with Crippen LogP contribution in [0.1, 0.15) is 35.4 Å². The van der Waals surface area contributed by atoms with Gasteiger partial charge in [-0.2, -0.15) is 0 Å². The summed E-state index contributed by atoms with van der Waals surface area (Å²) in [5, 5.41) is 5.36. The van der Waals surface area contributed by atoms with E-state index in [0.717, 1.165) is 35.8 Å². The molecule has 6 nitrogen and oxygen atoms in total. The number of hydrogen-bond donors (Lipinski definition) is 2. The largest absolute Gasteiger partial charge is 0.344 e. The van der Waals surface area contributed by atoms with Gasteiger partial charge in [0.25, 0.3) is 5.91 Å². The highest BCUT2D eigenvalue weighted by atomic mass is 35.5. The first kappa shape index (κ1) is 20.0. The molecule has 3 aromatic rings. The average Bonchev–Trinajstić information content (AvgIpc) is 3.14. The minimum Gasteiger partial charge on any atom is -0.344 e. The second-order valence-electron chi connectivity index (χ2n) is 7.00. The predicted octanol–water partition coefficient (Wildman–Crippen LogP) is 3.08. The third-order valence-electron chi connectivity index (χ3n) is 5.02. The van der Waals surface area contributed by atoms with Gasteiger partial charge < -0.3 is 16.0 Å². The highest BCUT2D eigenvalue weighted by Gasteiger charge is 2.22. The van der Waals surface area contributed by atoms with Crippen molar-refractivity contribution in [2.75, 3.05) is 18.0 Å². The Hall–Kier alpha value is -2.70. The lowest BCUT2D eigenvalue weighted by Gasteiger charge is -2.18. The van der Waals surface area contributed by atoms with Crippen LogP contribution in [0.15, 0.2) is 54.7 Å². The summed E-state index contributed by atoms with van der Waals surface area (Å²) in [6.07, 6.45) is 2.54. The van der Waals surface area contributed by atoms with Crippen LogP contribution in [-0.2, 0) is 0 Å². The fourth-order valence-electron chi connectivity index (χ4n) is 3.57. The zero-order valence-corrected chi connectivity index (χ0v) is 16.5. The summed E-state index contributed by atoms with van der Waals surface area (Å²) in [4.78, 5) is 23.5. The van der Waals surface area contributed by atoms with Crippen molar-refractivity contribution >= 4 is 35.0 Å². The molecule has 2 atom stereocenters. The number of nitrogens with two attached hydrogens (primary N) is 1. The van der Waals surface area contributed by atoms with E-state index < -0.39 is 0 Å². The van der Waals surface area contributed by atoms with Crippen LogP contribution in [0.4, 0.5) is 5.95 Å². The smallest absolute Gasteiger partial charge is 0.270 e. The Bertz CT molecular complexity index is 974. The number of carbonyl (C=O) groups is 1. The number of amides is 1. The van der Waals surface area contributed by atoms with Crippen LogP contribution in [0.3, 0.4) is 0 Å². The highest BCUT2D eigenvalue weighted by Crippen LogP contribution is 2.24. The van der Waals surface area contributed by atoms with Crippen molar-refractivity contribution in [3.05, 3.63) is 66.0 Å². The van der Waals surface area contributed by atoms with Crippen LogP contribution >= 0.6 is 12.4 Å². The molecule has 4 rings (SSSR count). The van der Waals surface area contributed by atoms with Gasteiger partial charge in [0, 0.05) is 25.3 Å². The monoisotopic (exact) mass is 397 g/mol. The van der Waals surface area contributed by atoms with Crippen molar-refractivity contribution in [3.63, 3.8) is 0 Å². The molecule has 2 heterocycles. The maximum atomic E-state index is 12.8. The molecule has 1 aliphatic heterocycles. The van der Waals surface area contributed by atoms with E-state index in [1.54, 1.807) is 12.3 Å². The Morgan fingerprint density at radius 2 is 2.00 bits per heavy atom. The number of halogens is 1. The first-order valence-electron chi connectivity index (χ1n) is 9.24. The Kier molecular flexibility index (Phi) is 6.11. The molecule has 0 spiro atoms. The Morgan fingerprint density at radius 1 is 1.21 bits per heavy atom. The van der Waals surface area contributed by atoms with Gasteiger partial charge >= 0.3 is 0 Å². The van der Waals surface area contributed by atoms with Gasteiger partial charge in [-0.05, 0) is 35.7 Å². The SMILES string of the molecule is C[C@@H](NC(=O)c1ccnc(N2CC[C@@H](N)C2)n1)c1cccc2ccccc12.Cl. The molecule has 1 fully saturated rings. The summed E-state index contributed by atoms with van der Waals surface area (Å²) in [6.45, 7) is 3.53. The van der Waals surface area contributed by atoms with Gasteiger partial charge in [0.2, 0.25) is 5.95 Å². The normalized spacial score (nSPS) is 17.2. The molecule has 0 unspecified atom stereocenters. The molecule has 1 aromatic heterocycles. The number of rotatable bonds is 4.